The lowest BCUT2D eigenvalue weighted by Crippen LogP contribution is -2.42. The highest BCUT2D eigenvalue weighted by atomic mass is 16.3. The summed E-state index contributed by atoms with van der Waals surface area (Å²) in [5, 5.41) is 6.32. The highest BCUT2D eigenvalue weighted by molar-refractivity contribution is 5.95. The van der Waals surface area contributed by atoms with Gasteiger partial charge in [0, 0.05) is 6.04 Å². The summed E-state index contributed by atoms with van der Waals surface area (Å²) in [6, 6.07) is 2.09. The molecule has 1 fully saturated rings. The van der Waals surface area contributed by atoms with E-state index in [0.29, 0.717) is 17.4 Å². The fraction of sp³-hybridized carbons (Fsp3) is 0.583. The van der Waals surface area contributed by atoms with E-state index in [0.717, 1.165) is 31.7 Å². The summed E-state index contributed by atoms with van der Waals surface area (Å²) in [7, 11) is 0. The van der Waals surface area contributed by atoms with Crippen molar-refractivity contribution in [2.24, 2.45) is 0 Å². The van der Waals surface area contributed by atoms with Gasteiger partial charge in [0.25, 0.3) is 5.91 Å². The van der Waals surface area contributed by atoms with Crippen molar-refractivity contribution in [3.05, 3.63) is 23.2 Å². The highest BCUT2D eigenvalue weighted by Gasteiger charge is 2.19. The third-order valence-corrected chi connectivity index (χ3v) is 2.96. The second-order valence-electron chi connectivity index (χ2n) is 4.32. The van der Waals surface area contributed by atoms with Crippen molar-refractivity contribution in [3.63, 3.8) is 0 Å². The van der Waals surface area contributed by atoms with E-state index in [1.165, 1.54) is 0 Å². The molecule has 2 heterocycles. The average Bonchev–Trinajstić information content (AvgIpc) is 2.59. The molecule has 2 rings (SSSR count). The molecular weight excluding hydrogens is 204 g/mol. The van der Waals surface area contributed by atoms with Crippen molar-refractivity contribution < 1.29 is 9.21 Å². The minimum absolute atomic E-state index is 0.0127. The maximum absolute atomic E-state index is 12.0. The summed E-state index contributed by atoms with van der Waals surface area (Å²) in [4.78, 5) is 12.0. The first-order valence-electron chi connectivity index (χ1n) is 5.75. The molecule has 4 nitrogen and oxygen atoms in total. The normalized spacial score (nSPS) is 17.4. The lowest BCUT2D eigenvalue weighted by molar-refractivity contribution is 0.0928. The SMILES string of the molecule is Cc1cc(C(=O)NC2CCNCC2)c(C)o1. The third-order valence-electron chi connectivity index (χ3n) is 2.96. The number of rotatable bonds is 2. The van der Waals surface area contributed by atoms with Gasteiger partial charge in [0.15, 0.2) is 0 Å². The maximum Gasteiger partial charge on any atom is 0.255 e. The van der Waals surface area contributed by atoms with Gasteiger partial charge in [-0.1, -0.05) is 0 Å². The monoisotopic (exact) mass is 222 g/mol. The van der Waals surface area contributed by atoms with Crippen LogP contribution in [-0.2, 0) is 0 Å². The lowest BCUT2D eigenvalue weighted by atomic mass is 10.1. The Morgan fingerprint density at radius 1 is 1.44 bits per heavy atom. The molecule has 88 valence electrons. The van der Waals surface area contributed by atoms with Crippen molar-refractivity contribution in [3.8, 4) is 0 Å². The zero-order valence-electron chi connectivity index (χ0n) is 9.80. The fourth-order valence-corrected chi connectivity index (χ4v) is 2.09. The Bertz CT molecular complexity index is 378. The van der Waals surface area contributed by atoms with Crippen LogP contribution in [-0.4, -0.2) is 25.0 Å². The summed E-state index contributed by atoms with van der Waals surface area (Å²) in [6.45, 7) is 5.64. The van der Waals surface area contributed by atoms with E-state index in [-0.39, 0.29) is 5.91 Å². The van der Waals surface area contributed by atoms with Crippen LogP contribution >= 0.6 is 0 Å². The van der Waals surface area contributed by atoms with E-state index in [2.05, 4.69) is 10.6 Å². The van der Waals surface area contributed by atoms with Gasteiger partial charge in [-0.05, 0) is 45.8 Å². The van der Waals surface area contributed by atoms with Gasteiger partial charge in [-0.15, -0.1) is 0 Å². The average molecular weight is 222 g/mol. The molecule has 1 saturated heterocycles. The predicted molar refractivity (Wildman–Crippen MR) is 61.5 cm³/mol. The van der Waals surface area contributed by atoms with Crippen LogP contribution in [0.25, 0.3) is 0 Å². The molecule has 0 unspecified atom stereocenters. The smallest absolute Gasteiger partial charge is 0.255 e. The van der Waals surface area contributed by atoms with Crippen LogP contribution in [0.15, 0.2) is 10.5 Å². The van der Waals surface area contributed by atoms with Gasteiger partial charge in [-0.3, -0.25) is 4.79 Å². The zero-order valence-corrected chi connectivity index (χ0v) is 9.80. The van der Waals surface area contributed by atoms with Crippen molar-refractivity contribution in [2.45, 2.75) is 32.7 Å². The summed E-state index contributed by atoms with van der Waals surface area (Å²) in [6.07, 6.45) is 2.00. The van der Waals surface area contributed by atoms with Gasteiger partial charge in [0.1, 0.15) is 11.5 Å². The fourth-order valence-electron chi connectivity index (χ4n) is 2.09. The van der Waals surface area contributed by atoms with E-state index < -0.39 is 0 Å². The topological polar surface area (TPSA) is 54.3 Å². The van der Waals surface area contributed by atoms with E-state index in [9.17, 15) is 4.79 Å². The Labute approximate surface area is 95.4 Å². The van der Waals surface area contributed by atoms with E-state index >= 15 is 0 Å². The molecule has 0 bridgehead atoms. The summed E-state index contributed by atoms with van der Waals surface area (Å²) < 4.78 is 5.35. The molecule has 4 heteroatoms. The van der Waals surface area contributed by atoms with Crippen LogP contribution in [0.4, 0.5) is 0 Å². The molecule has 1 amide bonds. The molecule has 0 spiro atoms. The molecule has 0 atom stereocenters. The zero-order chi connectivity index (χ0) is 11.5. The molecule has 0 radical (unpaired) electrons. The number of amides is 1. The van der Waals surface area contributed by atoms with E-state index in [1.54, 1.807) is 6.07 Å². The predicted octanol–water partition coefficient (Wildman–Crippen LogP) is 1.38. The molecule has 1 aromatic heterocycles. The number of carbonyl (C=O) groups is 1. The molecule has 16 heavy (non-hydrogen) atoms. The Balaban J connectivity index is 1.99. The van der Waals surface area contributed by atoms with Crippen LogP contribution in [0.2, 0.25) is 0 Å². The second-order valence-corrected chi connectivity index (χ2v) is 4.32. The van der Waals surface area contributed by atoms with Crippen LogP contribution in [0.5, 0.6) is 0 Å². The number of hydrogen-bond acceptors (Lipinski definition) is 3. The van der Waals surface area contributed by atoms with Crippen LogP contribution < -0.4 is 10.6 Å². The lowest BCUT2D eigenvalue weighted by Gasteiger charge is -2.23. The maximum atomic E-state index is 12.0. The van der Waals surface area contributed by atoms with Crippen molar-refractivity contribution >= 4 is 5.91 Å². The molecule has 1 aromatic rings. The summed E-state index contributed by atoms with van der Waals surface area (Å²) in [5.74, 6) is 1.47. The van der Waals surface area contributed by atoms with Crippen molar-refractivity contribution in [2.75, 3.05) is 13.1 Å². The number of hydrogen-bond donors (Lipinski definition) is 2. The number of piperidine rings is 1. The molecule has 2 N–H and O–H groups in total. The first-order valence-corrected chi connectivity index (χ1v) is 5.75. The number of carbonyl (C=O) groups excluding carboxylic acids is 1. The van der Waals surface area contributed by atoms with Crippen molar-refractivity contribution in [1.82, 2.24) is 10.6 Å². The minimum Gasteiger partial charge on any atom is -0.466 e. The molecular formula is C12H18N2O2. The number of aryl methyl sites for hydroxylation is 2. The largest absolute Gasteiger partial charge is 0.466 e. The molecule has 1 aliphatic heterocycles. The van der Waals surface area contributed by atoms with E-state index in [4.69, 9.17) is 4.42 Å². The Morgan fingerprint density at radius 3 is 2.69 bits per heavy atom. The molecule has 0 saturated carbocycles. The van der Waals surface area contributed by atoms with Gasteiger partial charge in [-0.25, -0.2) is 0 Å². The molecule has 0 aromatic carbocycles. The van der Waals surface area contributed by atoms with Gasteiger partial charge in [-0.2, -0.15) is 0 Å². The third kappa shape index (κ3) is 2.44. The van der Waals surface area contributed by atoms with Gasteiger partial charge < -0.3 is 15.1 Å². The molecule has 0 aliphatic carbocycles. The quantitative estimate of drug-likeness (QED) is 0.794. The highest BCUT2D eigenvalue weighted by Crippen LogP contribution is 2.14. The Morgan fingerprint density at radius 2 is 2.12 bits per heavy atom. The summed E-state index contributed by atoms with van der Waals surface area (Å²) >= 11 is 0. The molecule has 1 aliphatic rings. The number of nitrogens with one attached hydrogen (secondary N) is 2. The first-order chi connectivity index (χ1) is 7.66. The van der Waals surface area contributed by atoms with Crippen LogP contribution in [0, 0.1) is 13.8 Å². The minimum atomic E-state index is -0.0127. The Kier molecular flexibility index (Phi) is 3.29. The number of furan rings is 1. The summed E-state index contributed by atoms with van der Waals surface area (Å²) in [5.41, 5.74) is 0.663. The van der Waals surface area contributed by atoms with Gasteiger partial charge >= 0.3 is 0 Å². The van der Waals surface area contributed by atoms with Gasteiger partial charge in [0.05, 0.1) is 5.56 Å². The van der Waals surface area contributed by atoms with Gasteiger partial charge in [0.2, 0.25) is 0 Å². The van der Waals surface area contributed by atoms with Crippen LogP contribution in [0.3, 0.4) is 0 Å². The standard InChI is InChI=1S/C12H18N2O2/c1-8-7-11(9(2)16-8)12(15)14-10-3-5-13-6-4-10/h7,10,13H,3-6H2,1-2H3,(H,14,15). The van der Waals surface area contributed by atoms with Crippen LogP contribution in [0.1, 0.15) is 34.7 Å². The second kappa shape index (κ2) is 4.70. The first kappa shape index (κ1) is 11.2. The van der Waals surface area contributed by atoms with E-state index in [1.807, 2.05) is 13.8 Å². The Hall–Kier alpha value is -1.29. The van der Waals surface area contributed by atoms with Crippen molar-refractivity contribution in [1.29, 1.82) is 0 Å².